The minimum atomic E-state index is -0.0933. The van der Waals surface area contributed by atoms with Crippen LogP contribution in [0, 0.1) is 6.92 Å². The number of nitrogens with zero attached hydrogens (tertiary/aromatic N) is 3. The lowest BCUT2D eigenvalue weighted by Gasteiger charge is -2.18. The van der Waals surface area contributed by atoms with Gasteiger partial charge in [-0.15, -0.1) is 0 Å². The van der Waals surface area contributed by atoms with Crippen molar-refractivity contribution in [2.45, 2.75) is 26.3 Å². The zero-order valence-electron chi connectivity index (χ0n) is 13.6. The Morgan fingerprint density at radius 3 is 2.74 bits per heavy atom. The number of hydrogen-bond donors (Lipinski definition) is 1. The van der Waals surface area contributed by atoms with Crippen LogP contribution in [0.15, 0.2) is 42.6 Å². The third kappa shape index (κ3) is 2.95. The van der Waals surface area contributed by atoms with E-state index in [2.05, 4.69) is 22.3 Å². The van der Waals surface area contributed by atoms with Gasteiger partial charge in [0.1, 0.15) is 0 Å². The van der Waals surface area contributed by atoms with E-state index in [1.165, 1.54) is 0 Å². The average Bonchev–Trinajstić information content (AvgIpc) is 2.93. The third-order valence-corrected chi connectivity index (χ3v) is 3.99. The molecule has 0 aliphatic rings. The number of carbonyl (C=O) groups excluding carboxylic acids is 1. The number of aromatic nitrogens is 3. The summed E-state index contributed by atoms with van der Waals surface area (Å²) < 4.78 is 1.69. The Labute approximate surface area is 135 Å². The minimum absolute atomic E-state index is 0.0103. The van der Waals surface area contributed by atoms with Gasteiger partial charge in [0.05, 0.1) is 23.2 Å². The van der Waals surface area contributed by atoms with E-state index in [-0.39, 0.29) is 11.9 Å². The van der Waals surface area contributed by atoms with Crippen LogP contribution >= 0.6 is 0 Å². The Kier molecular flexibility index (Phi) is 4.10. The van der Waals surface area contributed by atoms with Gasteiger partial charge in [-0.25, -0.2) is 4.98 Å². The van der Waals surface area contributed by atoms with Crippen LogP contribution in [-0.2, 0) is 7.05 Å². The normalized spacial score (nSPS) is 12.3. The molecule has 0 saturated heterocycles. The van der Waals surface area contributed by atoms with E-state index in [4.69, 9.17) is 0 Å². The standard InChI is InChI=1S/C18H20N4O/c1-4-16(13-8-6-5-7-9-13)21-18(23)14-10-12(2)20-17-15(14)11-19-22(17)3/h5-11,16H,4H2,1-3H3,(H,21,23)/t16-/m1/s1. The SMILES string of the molecule is CC[C@@H](NC(=O)c1cc(C)nc2c1cnn2C)c1ccccc1. The van der Waals surface area contributed by atoms with Gasteiger partial charge in [0.2, 0.25) is 0 Å². The van der Waals surface area contributed by atoms with Crippen molar-refractivity contribution in [1.82, 2.24) is 20.1 Å². The van der Waals surface area contributed by atoms with Crippen LogP contribution in [0.4, 0.5) is 0 Å². The van der Waals surface area contributed by atoms with Crippen LogP contribution in [0.1, 0.15) is 41.0 Å². The van der Waals surface area contributed by atoms with E-state index >= 15 is 0 Å². The lowest BCUT2D eigenvalue weighted by molar-refractivity contribution is 0.0937. The Hall–Kier alpha value is -2.69. The molecule has 118 valence electrons. The molecule has 23 heavy (non-hydrogen) atoms. The van der Waals surface area contributed by atoms with E-state index in [0.29, 0.717) is 5.56 Å². The van der Waals surface area contributed by atoms with Crippen molar-refractivity contribution < 1.29 is 4.79 Å². The van der Waals surface area contributed by atoms with Crippen molar-refractivity contribution in [2.24, 2.45) is 7.05 Å². The number of aryl methyl sites for hydroxylation is 2. The van der Waals surface area contributed by atoms with Gasteiger partial charge in [-0.3, -0.25) is 9.48 Å². The van der Waals surface area contributed by atoms with E-state index in [1.807, 2.05) is 50.4 Å². The van der Waals surface area contributed by atoms with Gasteiger partial charge in [-0.05, 0) is 25.0 Å². The molecule has 0 unspecified atom stereocenters. The maximum Gasteiger partial charge on any atom is 0.252 e. The highest BCUT2D eigenvalue weighted by Gasteiger charge is 2.18. The first kappa shape index (κ1) is 15.2. The van der Waals surface area contributed by atoms with E-state index in [9.17, 15) is 4.79 Å². The molecule has 1 atom stereocenters. The second-order valence-corrected chi connectivity index (χ2v) is 5.66. The fraction of sp³-hybridized carbons (Fsp3) is 0.278. The lowest BCUT2D eigenvalue weighted by Crippen LogP contribution is -2.28. The first-order valence-corrected chi connectivity index (χ1v) is 7.75. The highest BCUT2D eigenvalue weighted by molar-refractivity contribution is 6.05. The monoisotopic (exact) mass is 308 g/mol. The van der Waals surface area contributed by atoms with Crippen molar-refractivity contribution in [2.75, 3.05) is 0 Å². The summed E-state index contributed by atoms with van der Waals surface area (Å²) in [7, 11) is 1.83. The van der Waals surface area contributed by atoms with Crippen LogP contribution in [0.5, 0.6) is 0 Å². The lowest BCUT2D eigenvalue weighted by atomic mass is 10.0. The van der Waals surface area contributed by atoms with Crippen molar-refractivity contribution in [3.8, 4) is 0 Å². The van der Waals surface area contributed by atoms with Gasteiger partial charge >= 0.3 is 0 Å². The number of benzene rings is 1. The molecule has 3 rings (SSSR count). The zero-order chi connectivity index (χ0) is 16.4. The second kappa shape index (κ2) is 6.20. The quantitative estimate of drug-likeness (QED) is 0.805. The Balaban J connectivity index is 1.94. The summed E-state index contributed by atoms with van der Waals surface area (Å²) >= 11 is 0. The second-order valence-electron chi connectivity index (χ2n) is 5.66. The summed E-state index contributed by atoms with van der Waals surface area (Å²) in [6.45, 7) is 3.95. The zero-order valence-corrected chi connectivity index (χ0v) is 13.6. The topological polar surface area (TPSA) is 59.8 Å². The van der Waals surface area contributed by atoms with Gasteiger partial charge < -0.3 is 5.32 Å². The Morgan fingerprint density at radius 1 is 1.30 bits per heavy atom. The number of nitrogens with one attached hydrogen (secondary N) is 1. The number of rotatable bonds is 4. The van der Waals surface area contributed by atoms with Crippen LogP contribution < -0.4 is 5.32 Å². The summed E-state index contributed by atoms with van der Waals surface area (Å²) in [5, 5.41) is 8.11. The Bertz CT molecular complexity index is 839. The number of fused-ring (bicyclic) bond motifs is 1. The van der Waals surface area contributed by atoms with Gasteiger partial charge in [-0.1, -0.05) is 37.3 Å². The number of pyridine rings is 1. The largest absolute Gasteiger partial charge is 0.345 e. The maximum absolute atomic E-state index is 12.8. The van der Waals surface area contributed by atoms with Crippen molar-refractivity contribution in [3.63, 3.8) is 0 Å². The summed E-state index contributed by atoms with van der Waals surface area (Å²) in [4.78, 5) is 17.2. The van der Waals surface area contributed by atoms with Crippen molar-refractivity contribution in [1.29, 1.82) is 0 Å². The van der Waals surface area contributed by atoms with Crippen molar-refractivity contribution >= 4 is 16.9 Å². The highest BCUT2D eigenvalue weighted by atomic mass is 16.1. The molecular formula is C18H20N4O. The van der Waals surface area contributed by atoms with Gasteiger partial charge in [0.25, 0.3) is 5.91 Å². The van der Waals surface area contributed by atoms with Crippen LogP contribution in [0.25, 0.3) is 11.0 Å². The maximum atomic E-state index is 12.8. The summed E-state index contributed by atoms with van der Waals surface area (Å²) in [6.07, 6.45) is 2.52. The van der Waals surface area contributed by atoms with Gasteiger partial charge in [0.15, 0.2) is 5.65 Å². The molecule has 2 aromatic heterocycles. The van der Waals surface area contributed by atoms with E-state index < -0.39 is 0 Å². The van der Waals surface area contributed by atoms with Gasteiger partial charge in [0, 0.05) is 12.7 Å². The van der Waals surface area contributed by atoms with Crippen LogP contribution in [0.2, 0.25) is 0 Å². The molecule has 0 aliphatic heterocycles. The fourth-order valence-electron chi connectivity index (χ4n) is 2.77. The smallest absolute Gasteiger partial charge is 0.252 e. The van der Waals surface area contributed by atoms with Gasteiger partial charge in [-0.2, -0.15) is 5.10 Å². The molecule has 3 aromatic rings. The first-order chi connectivity index (χ1) is 11.1. The van der Waals surface area contributed by atoms with Crippen molar-refractivity contribution in [3.05, 3.63) is 59.4 Å². The predicted molar refractivity (Wildman–Crippen MR) is 90.2 cm³/mol. The molecule has 1 amide bonds. The third-order valence-electron chi connectivity index (χ3n) is 3.99. The fourth-order valence-corrected chi connectivity index (χ4v) is 2.77. The summed E-state index contributed by atoms with van der Waals surface area (Å²) in [5.41, 5.74) is 3.26. The molecule has 0 saturated carbocycles. The minimum Gasteiger partial charge on any atom is -0.345 e. The van der Waals surface area contributed by atoms with E-state index in [0.717, 1.165) is 28.7 Å². The molecular weight excluding hydrogens is 288 g/mol. The molecule has 0 aliphatic carbocycles. The predicted octanol–water partition coefficient (Wildman–Crippen LogP) is 3.16. The molecule has 0 fully saturated rings. The molecule has 1 aromatic carbocycles. The molecule has 2 heterocycles. The molecule has 5 heteroatoms. The molecule has 1 N–H and O–H groups in total. The molecule has 0 radical (unpaired) electrons. The Morgan fingerprint density at radius 2 is 2.04 bits per heavy atom. The van der Waals surface area contributed by atoms with E-state index in [1.54, 1.807) is 10.9 Å². The summed E-state index contributed by atoms with van der Waals surface area (Å²) in [6, 6.07) is 11.8. The van der Waals surface area contributed by atoms with Crippen LogP contribution in [-0.4, -0.2) is 20.7 Å². The molecule has 0 bridgehead atoms. The highest BCUT2D eigenvalue weighted by Crippen LogP contribution is 2.21. The first-order valence-electron chi connectivity index (χ1n) is 7.75. The average molecular weight is 308 g/mol. The number of amides is 1. The number of carbonyl (C=O) groups is 1. The van der Waals surface area contributed by atoms with Crippen LogP contribution in [0.3, 0.4) is 0 Å². The molecule has 0 spiro atoms. The summed E-state index contributed by atoms with van der Waals surface area (Å²) in [5.74, 6) is -0.0933. The number of hydrogen-bond acceptors (Lipinski definition) is 3. The molecule has 5 nitrogen and oxygen atoms in total.